The Labute approximate surface area is 183 Å². The molecular weight excluding hydrogens is 418 g/mol. The number of benzene rings is 2. The van der Waals surface area contributed by atoms with E-state index in [0.717, 1.165) is 49.2 Å². The molecule has 2 aromatic carbocycles. The molecule has 7 heteroatoms. The molecule has 0 N–H and O–H groups in total. The number of fused-ring (bicyclic) bond motifs is 1. The molecule has 0 radical (unpaired) electrons. The first-order valence-corrected chi connectivity index (χ1v) is 12.1. The summed E-state index contributed by atoms with van der Waals surface area (Å²) in [5.74, 6) is 0.348. The largest absolute Gasteiger partial charge is 0.304 e. The van der Waals surface area contributed by atoms with E-state index in [1.165, 1.54) is 10.2 Å². The lowest BCUT2D eigenvalue weighted by molar-refractivity contribution is 0.148. The van der Waals surface area contributed by atoms with E-state index in [1.807, 2.05) is 30.3 Å². The van der Waals surface area contributed by atoms with Gasteiger partial charge in [-0.1, -0.05) is 49.7 Å². The minimum atomic E-state index is -3.73. The van der Waals surface area contributed by atoms with E-state index in [9.17, 15) is 8.42 Å². The van der Waals surface area contributed by atoms with Crippen molar-refractivity contribution in [2.75, 3.05) is 33.2 Å². The highest BCUT2D eigenvalue weighted by Crippen LogP contribution is 2.33. The highest BCUT2D eigenvalue weighted by Gasteiger charge is 2.23. The summed E-state index contributed by atoms with van der Waals surface area (Å²) in [6.45, 7) is 8.99. The van der Waals surface area contributed by atoms with Gasteiger partial charge in [-0.2, -0.15) is 0 Å². The first-order valence-electron chi connectivity index (χ1n) is 10.3. The third kappa shape index (κ3) is 4.02. The lowest BCUT2D eigenvalue weighted by Gasteiger charge is -2.32. The van der Waals surface area contributed by atoms with Crippen LogP contribution in [-0.4, -0.2) is 55.4 Å². The molecule has 3 aromatic rings. The van der Waals surface area contributed by atoms with Gasteiger partial charge < -0.3 is 4.90 Å². The fraction of sp³-hybridized carbons (Fsp3) is 0.391. The molecule has 0 atom stereocenters. The zero-order chi connectivity index (χ0) is 21.5. The van der Waals surface area contributed by atoms with Gasteiger partial charge >= 0.3 is 0 Å². The number of nitrogens with zero attached hydrogens (tertiary/aromatic N) is 3. The Morgan fingerprint density at radius 3 is 2.30 bits per heavy atom. The lowest BCUT2D eigenvalue weighted by Crippen LogP contribution is -2.43. The predicted octanol–water partition coefficient (Wildman–Crippen LogP) is 4.40. The van der Waals surface area contributed by atoms with Crippen molar-refractivity contribution >= 4 is 32.5 Å². The summed E-state index contributed by atoms with van der Waals surface area (Å²) in [6, 6.07) is 12.9. The van der Waals surface area contributed by atoms with Gasteiger partial charge in [0.15, 0.2) is 0 Å². The molecule has 4 rings (SSSR count). The molecule has 0 aliphatic carbocycles. The van der Waals surface area contributed by atoms with Gasteiger partial charge in [-0.05, 0) is 42.3 Å². The summed E-state index contributed by atoms with van der Waals surface area (Å²) < 4.78 is 28.1. The third-order valence-electron chi connectivity index (χ3n) is 5.93. The van der Waals surface area contributed by atoms with Crippen LogP contribution in [0.25, 0.3) is 10.9 Å². The second-order valence-electron chi connectivity index (χ2n) is 8.39. The fourth-order valence-electron chi connectivity index (χ4n) is 4.00. The standard InChI is InChI=1S/C23H28ClN3O2S/c1-17(2)18-7-9-20(10-8-18)30(28,29)27-16-21(24)23-19(5-4-6-22(23)27)15-26-13-11-25(3)12-14-26/h4-10,16-17H,11-15H2,1-3H3. The number of halogens is 1. The summed E-state index contributed by atoms with van der Waals surface area (Å²) in [6.07, 6.45) is 1.53. The molecule has 0 unspecified atom stereocenters. The van der Waals surface area contributed by atoms with E-state index in [0.29, 0.717) is 16.5 Å². The number of aromatic nitrogens is 1. The van der Waals surface area contributed by atoms with Gasteiger partial charge in [0.1, 0.15) is 0 Å². The second-order valence-corrected chi connectivity index (χ2v) is 10.6. The van der Waals surface area contributed by atoms with Crippen LogP contribution in [0.4, 0.5) is 0 Å². The summed E-state index contributed by atoms with van der Waals surface area (Å²) in [5, 5.41) is 1.29. The molecule has 0 saturated carbocycles. The van der Waals surface area contributed by atoms with Gasteiger partial charge in [0, 0.05) is 44.3 Å². The van der Waals surface area contributed by atoms with Crippen LogP contribution in [0.3, 0.4) is 0 Å². The Hall–Kier alpha value is -1.86. The number of piperazine rings is 1. The van der Waals surface area contributed by atoms with Gasteiger partial charge in [-0.25, -0.2) is 12.4 Å². The molecule has 2 heterocycles. The topological polar surface area (TPSA) is 45.6 Å². The predicted molar refractivity (Wildman–Crippen MR) is 123 cm³/mol. The van der Waals surface area contributed by atoms with Crippen molar-refractivity contribution in [3.63, 3.8) is 0 Å². The third-order valence-corrected chi connectivity index (χ3v) is 7.90. The van der Waals surface area contributed by atoms with Crippen LogP contribution in [0.2, 0.25) is 5.02 Å². The molecule has 1 aliphatic heterocycles. The maximum atomic E-state index is 13.4. The molecule has 1 aliphatic rings. The smallest absolute Gasteiger partial charge is 0.268 e. The minimum Gasteiger partial charge on any atom is -0.304 e. The minimum absolute atomic E-state index is 0.268. The van der Waals surface area contributed by atoms with Crippen LogP contribution in [0.5, 0.6) is 0 Å². The van der Waals surface area contributed by atoms with Crippen LogP contribution in [-0.2, 0) is 16.6 Å². The Morgan fingerprint density at radius 2 is 1.67 bits per heavy atom. The first kappa shape index (κ1) is 21.4. The van der Waals surface area contributed by atoms with Gasteiger partial charge in [-0.3, -0.25) is 4.90 Å². The summed E-state index contributed by atoms with van der Waals surface area (Å²) in [5.41, 5.74) is 2.80. The molecular formula is C23H28ClN3O2S. The van der Waals surface area contributed by atoms with Crippen molar-refractivity contribution in [1.29, 1.82) is 0 Å². The number of rotatable bonds is 5. The molecule has 1 fully saturated rings. The number of hydrogen-bond acceptors (Lipinski definition) is 4. The SMILES string of the molecule is CC(C)c1ccc(S(=O)(=O)n2cc(Cl)c3c(CN4CCN(C)CC4)cccc32)cc1. The summed E-state index contributed by atoms with van der Waals surface area (Å²) in [4.78, 5) is 4.98. The first-order chi connectivity index (χ1) is 14.3. The zero-order valence-corrected chi connectivity index (χ0v) is 19.2. The van der Waals surface area contributed by atoms with Crippen LogP contribution in [0, 0.1) is 0 Å². The van der Waals surface area contributed by atoms with Gasteiger partial charge in [0.05, 0.1) is 15.4 Å². The fourth-order valence-corrected chi connectivity index (χ4v) is 5.73. The molecule has 0 spiro atoms. The Balaban J connectivity index is 1.72. The maximum Gasteiger partial charge on any atom is 0.268 e. The average molecular weight is 446 g/mol. The molecule has 160 valence electrons. The quantitative estimate of drug-likeness (QED) is 0.583. The highest BCUT2D eigenvalue weighted by molar-refractivity contribution is 7.90. The van der Waals surface area contributed by atoms with Crippen molar-refractivity contribution in [2.24, 2.45) is 0 Å². The maximum absolute atomic E-state index is 13.4. The molecule has 5 nitrogen and oxygen atoms in total. The number of likely N-dealkylation sites (N-methyl/N-ethyl adjacent to an activating group) is 1. The normalized spacial score (nSPS) is 16.6. The van der Waals surface area contributed by atoms with E-state index in [4.69, 9.17) is 11.6 Å². The zero-order valence-electron chi connectivity index (χ0n) is 17.7. The van der Waals surface area contributed by atoms with E-state index < -0.39 is 10.0 Å². The molecule has 30 heavy (non-hydrogen) atoms. The molecule has 1 aromatic heterocycles. The van der Waals surface area contributed by atoms with Gasteiger partial charge in [0.2, 0.25) is 0 Å². The monoisotopic (exact) mass is 445 g/mol. The van der Waals surface area contributed by atoms with Gasteiger partial charge in [0.25, 0.3) is 10.0 Å². The Morgan fingerprint density at radius 1 is 1.00 bits per heavy atom. The van der Waals surface area contributed by atoms with E-state index >= 15 is 0 Å². The van der Waals surface area contributed by atoms with Crippen molar-refractivity contribution in [2.45, 2.75) is 31.2 Å². The van der Waals surface area contributed by atoms with Crippen molar-refractivity contribution in [3.8, 4) is 0 Å². The molecule has 0 amide bonds. The Bertz CT molecular complexity index is 1150. The van der Waals surface area contributed by atoms with E-state index in [2.05, 4.69) is 30.7 Å². The van der Waals surface area contributed by atoms with Crippen LogP contribution >= 0.6 is 11.6 Å². The van der Waals surface area contributed by atoms with E-state index in [-0.39, 0.29) is 4.90 Å². The van der Waals surface area contributed by atoms with Crippen LogP contribution in [0.1, 0.15) is 30.9 Å². The van der Waals surface area contributed by atoms with Crippen molar-refractivity contribution < 1.29 is 8.42 Å². The van der Waals surface area contributed by atoms with E-state index in [1.54, 1.807) is 12.1 Å². The summed E-state index contributed by atoms with van der Waals surface area (Å²) in [7, 11) is -1.60. The lowest BCUT2D eigenvalue weighted by atomic mass is 10.0. The highest BCUT2D eigenvalue weighted by atomic mass is 35.5. The van der Waals surface area contributed by atoms with Crippen molar-refractivity contribution in [3.05, 3.63) is 64.8 Å². The molecule has 1 saturated heterocycles. The Kier molecular flexibility index (Phi) is 5.95. The van der Waals surface area contributed by atoms with Gasteiger partial charge in [-0.15, -0.1) is 0 Å². The van der Waals surface area contributed by atoms with Crippen LogP contribution in [0.15, 0.2) is 53.6 Å². The average Bonchev–Trinajstić information content (AvgIpc) is 3.08. The second kappa shape index (κ2) is 8.35. The number of hydrogen-bond donors (Lipinski definition) is 0. The van der Waals surface area contributed by atoms with Crippen molar-refractivity contribution in [1.82, 2.24) is 13.8 Å². The summed E-state index contributed by atoms with van der Waals surface area (Å²) >= 11 is 6.57. The van der Waals surface area contributed by atoms with Crippen LogP contribution < -0.4 is 0 Å². The molecule has 0 bridgehead atoms.